The third-order valence-electron chi connectivity index (χ3n) is 4.54. The van der Waals surface area contributed by atoms with E-state index >= 15 is 0 Å². The van der Waals surface area contributed by atoms with Crippen molar-refractivity contribution in [3.05, 3.63) is 53.3 Å². The Balaban J connectivity index is 0.000000342. The zero-order chi connectivity index (χ0) is 19.1. The first-order valence-electron chi connectivity index (χ1n) is 8.85. The van der Waals surface area contributed by atoms with Crippen molar-refractivity contribution in [2.75, 3.05) is 24.6 Å². The van der Waals surface area contributed by atoms with E-state index < -0.39 is 5.97 Å². The van der Waals surface area contributed by atoms with E-state index in [1.165, 1.54) is 38.1 Å². The van der Waals surface area contributed by atoms with Crippen LogP contribution < -0.4 is 11.5 Å². The number of aromatic carboxylic acids is 1. The van der Waals surface area contributed by atoms with E-state index in [1.54, 1.807) is 30.3 Å². The van der Waals surface area contributed by atoms with Crippen molar-refractivity contribution >= 4 is 28.7 Å². The Morgan fingerprint density at radius 3 is 2.22 bits per heavy atom. The molecule has 1 radical (unpaired) electrons. The predicted octanol–water partition coefficient (Wildman–Crippen LogP) is 4.37. The van der Waals surface area contributed by atoms with Crippen LogP contribution in [-0.2, 0) is 32.7 Å². The Kier molecular flexibility index (Phi) is 9.77. The van der Waals surface area contributed by atoms with Crippen LogP contribution in [0.1, 0.15) is 37.0 Å². The molecule has 143 valence electrons. The molecule has 0 saturated carbocycles. The molecule has 0 spiro atoms. The fraction of sp³-hybridized carbons (Fsp3) is 0.350. The van der Waals surface area contributed by atoms with Gasteiger partial charge in [0, 0.05) is 38.8 Å². The first kappa shape index (κ1) is 23.4. The molecule has 1 atom stereocenters. The number of nitrogen functional groups attached to an aromatic ring is 2. The second kappa shape index (κ2) is 11.3. The van der Waals surface area contributed by atoms with Crippen LogP contribution in [0.2, 0.25) is 0 Å². The smallest absolute Gasteiger partial charge is 0.335 e. The largest absolute Gasteiger partial charge is 0.658 e. The van der Waals surface area contributed by atoms with Crippen molar-refractivity contribution in [1.29, 1.82) is 0 Å². The zero-order valence-electron chi connectivity index (χ0n) is 15.9. The number of anilines is 2. The maximum Gasteiger partial charge on any atom is 0.335 e. The number of benzene rings is 2. The molecule has 1 heterocycles. The summed E-state index contributed by atoms with van der Waals surface area (Å²) in [5.41, 5.74) is 13.8. The standard InChI is InChI=1S/C13H12N3O2.C7H15N.Y/c14-11-6-5-10(7-12(11)15)16-9-3-1-8(2-4-9)13(17)18;1-3-8-6-4-5-7(8)2;/h1-7H,14-15H2,(H,17,18);7H,3-6H2,1-2H3;/q-1;;. The molecular formula is C20H27N4O2Y-. The fourth-order valence-electron chi connectivity index (χ4n) is 2.92. The van der Waals surface area contributed by atoms with Gasteiger partial charge in [-0.3, -0.25) is 0 Å². The van der Waals surface area contributed by atoms with Gasteiger partial charge in [0.1, 0.15) is 0 Å². The summed E-state index contributed by atoms with van der Waals surface area (Å²) < 4.78 is 0. The SMILES string of the molecule is CCN1CCCC1C.Nc1ccc([N-]c2ccc(C(=O)O)cc2)cc1N.[Y]. The van der Waals surface area contributed by atoms with Gasteiger partial charge < -0.3 is 26.8 Å². The van der Waals surface area contributed by atoms with Gasteiger partial charge in [0.25, 0.3) is 0 Å². The first-order valence-corrected chi connectivity index (χ1v) is 8.85. The molecule has 5 N–H and O–H groups in total. The molecule has 1 aliphatic heterocycles. The van der Waals surface area contributed by atoms with Gasteiger partial charge in [-0.05, 0) is 51.1 Å². The number of carboxylic acid groups (broad SMARTS) is 1. The van der Waals surface area contributed by atoms with Gasteiger partial charge in [-0.2, -0.15) is 0 Å². The molecule has 0 amide bonds. The first-order chi connectivity index (χ1) is 12.4. The quantitative estimate of drug-likeness (QED) is 0.607. The monoisotopic (exact) mass is 444 g/mol. The van der Waals surface area contributed by atoms with Crippen molar-refractivity contribution in [3.8, 4) is 0 Å². The van der Waals surface area contributed by atoms with Gasteiger partial charge in [0.05, 0.1) is 16.9 Å². The minimum atomic E-state index is -0.960. The summed E-state index contributed by atoms with van der Waals surface area (Å²) >= 11 is 0. The number of hydrogen-bond donors (Lipinski definition) is 3. The summed E-state index contributed by atoms with van der Waals surface area (Å²) in [6, 6.07) is 12.2. The molecule has 27 heavy (non-hydrogen) atoms. The van der Waals surface area contributed by atoms with Crippen LogP contribution in [0.4, 0.5) is 22.7 Å². The molecule has 7 heteroatoms. The van der Waals surface area contributed by atoms with Crippen LogP contribution in [0.5, 0.6) is 0 Å². The summed E-state index contributed by atoms with van der Waals surface area (Å²) in [5, 5.41) is 13.1. The molecule has 1 fully saturated rings. The number of carbonyl (C=O) groups is 1. The molecule has 6 nitrogen and oxygen atoms in total. The molecule has 1 aliphatic rings. The molecule has 0 aromatic heterocycles. The summed E-state index contributed by atoms with van der Waals surface area (Å²) in [6.07, 6.45) is 2.82. The Hall–Kier alpha value is -1.63. The molecular weight excluding hydrogens is 417 g/mol. The van der Waals surface area contributed by atoms with E-state index in [9.17, 15) is 4.79 Å². The summed E-state index contributed by atoms with van der Waals surface area (Å²) in [6.45, 7) is 7.12. The Bertz CT molecular complexity index is 737. The second-order valence-corrected chi connectivity index (χ2v) is 6.40. The van der Waals surface area contributed by atoms with Crippen molar-refractivity contribution in [3.63, 3.8) is 0 Å². The van der Waals surface area contributed by atoms with Crippen molar-refractivity contribution in [1.82, 2.24) is 4.90 Å². The van der Waals surface area contributed by atoms with Gasteiger partial charge >= 0.3 is 5.97 Å². The molecule has 1 unspecified atom stereocenters. The van der Waals surface area contributed by atoms with Crippen LogP contribution in [0, 0.1) is 0 Å². The maximum atomic E-state index is 10.7. The fourth-order valence-corrected chi connectivity index (χ4v) is 2.92. The molecule has 1 saturated heterocycles. The van der Waals surface area contributed by atoms with Gasteiger partial charge in [-0.1, -0.05) is 31.2 Å². The number of carboxylic acids is 1. The number of hydrogen-bond acceptors (Lipinski definition) is 4. The topological polar surface area (TPSA) is 107 Å². The minimum Gasteiger partial charge on any atom is -0.658 e. The van der Waals surface area contributed by atoms with Crippen molar-refractivity contribution in [2.45, 2.75) is 32.7 Å². The van der Waals surface area contributed by atoms with Crippen LogP contribution in [0.25, 0.3) is 5.32 Å². The summed E-state index contributed by atoms with van der Waals surface area (Å²) in [7, 11) is 0. The average Bonchev–Trinajstić information content (AvgIpc) is 3.04. The van der Waals surface area contributed by atoms with Crippen molar-refractivity contribution < 1.29 is 42.6 Å². The number of nitrogens with zero attached hydrogens (tertiary/aromatic N) is 2. The van der Waals surface area contributed by atoms with Gasteiger partial charge in [-0.25, -0.2) is 4.79 Å². The maximum absolute atomic E-state index is 10.7. The van der Waals surface area contributed by atoms with E-state index in [1.807, 2.05) is 0 Å². The van der Waals surface area contributed by atoms with E-state index in [0.29, 0.717) is 22.7 Å². The second-order valence-electron chi connectivity index (χ2n) is 6.40. The molecule has 0 bridgehead atoms. The predicted molar refractivity (Wildman–Crippen MR) is 107 cm³/mol. The average molecular weight is 444 g/mol. The van der Waals surface area contributed by atoms with Gasteiger partial charge in [-0.15, -0.1) is 11.4 Å². The summed E-state index contributed by atoms with van der Waals surface area (Å²) in [5.74, 6) is -0.960. The number of rotatable bonds is 4. The summed E-state index contributed by atoms with van der Waals surface area (Å²) in [4.78, 5) is 13.2. The van der Waals surface area contributed by atoms with E-state index in [4.69, 9.17) is 16.6 Å². The molecule has 2 aromatic carbocycles. The third-order valence-corrected chi connectivity index (χ3v) is 4.54. The molecule has 3 rings (SSSR count). The van der Waals surface area contributed by atoms with Crippen LogP contribution in [-0.4, -0.2) is 35.1 Å². The molecule has 0 aliphatic carbocycles. The van der Waals surface area contributed by atoms with Gasteiger partial charge in [0.2, 0.25) is 0 Å². The van der Waals surface area contributed by atoms with E-state index in [2.05, 4.69) is 24.1 Å². The normalized spacial score (nSPS) is 16.0. The number of nitrogens with two attached hydrogens (primary N) is 2. The Morgan fingerprint density at radius 2 is 1.78 bits per heavy atom. The molecule has 2 aromatic rings. The van der Waals surface area contributed by atoms with Crippen molar-refractivity contribution in [2.24, 2.45) is 0 Å². The zero-order valence-corrected chi connectivity index (χ0v) is 18.8. The minimum absolute atomic E-state index is 0. The van der Waals surface area contributed by atoms with Crippen LogP contribution >= 0.6 is 0 Å². The van der Waals surface area contributed by atoms with E-state index in [0.717, 1.165) is 6.04 Å². The Morgan fingerprint density at radius 1 is 1.15 bits per heavy atom. The number of likely N-dealkylation sites (tertiary alicyclic amines) is 1. The Labute approximate surface area is 186 Å². The van der Waals surface area contributed by atoms with E-state index in [-0.39, 0.29) is 38.3 Å². The third kappa shape index (κ3) is 7.13. The van der Waals surface area contributed by atoms with Crippen LogP contribution in [0.15, 0.2) is 42.5 Å². The van der Waals surface area contributed by atoms with Crippen LogP contribution in [0.3, 0.4) is 0 Å². The van der Waals surface area contributed by atoms with Gasteiger partial charge in [0.15, 0.2) is 0 Å².